The maximum atomic E-state index is 12.2. The van der Waals surface area contributed by atoms with Crippen molar-refractivity contribution in [1.29, 1.82) is 0 Å². The number of nitrogens with zero attached hydrogens (tertiary/aromatic N) is 1. The first-order valence-electron chi connectivity index (χ1n) is 6.94. The predicted octanol–water partition coefficient (Wildman–Crippen LogP) is 1.92. The Morgan fingerprint density at radius 1 is 1.26 bits per heavy atom. The Morgan fingerprint density at radius 2 is 2.05 bits per heavy atom. The van der Waals surface area contributed by atoms with Crippen LogP contribution in [0.4, 0.5) is 4.79 Å². The number of carboxylic acid groups (broad SMARTS) is 1. The molecule has 3 unspecified atom stereocenters. The molecule has 2 aliphatic rings. The van der Waals surface area contributed by atoms with Gasteiger partial charge in [0.25, 0.3) is 0 Å². The summed E-state index contributed by atoms with van der Waals surface area (Å²) in [6.45, 7) is 0.557. The number of hydrogen-bond donors (Lipinski definition) is 2. The van der Waals surface area contributed by atoms with E-state index in [1.807, 2.05) is 11.8 Å². The molecule has 1 heterocycles. The van der Waals surface area contributed by atoms with Gasteiger partial charge in [-0.15, -0.1) is 0 Å². The summed E-state index contributed by atoms with van der Waals surface area (Å²) in [5, 5.41) is 12.8. The van der Waals surface area contributed by atoms with E-state index in [0.717, 1.165) is 32.1 Å². The number of urea groups is 1. The first kappa shape index (κ1) is 14.5. The van der Waals surface area contributed by atoms with Crippen LogP contribution in [-0.4, -0.2) is 52.1 Å². The van der Waals surface area contributed by atoms with E-state index in [1.165, 1.54) is 4.90 Å². The van der Waals surface area contributed by atoms with Gasteiger partial charge in [0.1, 0.15) is 6.04 Å². The molecule has 0 spiro atoms. The molecule has 0 aromatic rings. The van der Waals surface area contributed by atoms with E-state index < -0.39 is 12.0 Å². The molecule has 1 saturated heterocycles. The van der Waals surface area contributed by atoms with E-state index in [9.17, 15) is 14.7 Å². The Balaban J connectivity index is 1.89. The van der Waals surface area contributed by atoms with Crippen LogP contribution in [-0.2, 0) is 4.79 Å². The number of piperidine rings is 1. The minimum Gasteiger partial charge on any atom is -0.480 e. The zero-order valence-corrected chi connectivity index (χ0v) is 12.1. The SMILES string of the molecule is CSC1CCC(NC(=O)N2CCCCC2C(=O)O)C1. The Hall–Kier alpha value is -0.910. The number of aliphatic carboxylic acids is 1. The number of nitrogens with one attached hydrogen (secondary N) is 1. The van der Waals surface area contributed by atoms with E-state index in [0.29, 0.717) is 18.2 Å². The van der Waals surface area contributed by atoms with Crippen molar-refractivity contribution in [3.05, 3.63) is 0 Å². The number of rotatable bonds is 3. The average Bonchev–Trinajstić information content (AvgIpc) is 2.86. The van der Waals surface area contributed by atoms with Crippen LogP contribution in [0, 0.1) is 0 Å². The highest BCUT2D eigenvalue weighted by Crippen LogP contribution is 2.28. The summed E-state index contributed by atoms with van der Waals surface area (Å²) in [6, 6.07) is -0.633. The molecule has 0 bridgehead atoms. The van der Waals surface area contributed by atoms with Crippen molar-refractivity contribution in [2.75, 3.05) is 12.8 Å². The van der Waals surface area contributed by atoms with Crippen LogP contribution < -0.4 is 5.32 Å². The third-order valence-corrected chi connectivity index (χ3v) is 5.19. The largest absolute Gasteiger partial charge is 0.480 e. The number of carbonyl (C=O) groups is 2. The Bertz CT molecular complexity index is 351. The van der Waals surface area contributed by atoms with E-state index >= 15 is 0 Å². The van der Waals surface area contributed by atoms with Crippen LogP contribution in [0.25, 0.3) is 0 Å². The first-order valence-corrected chi connectivity index (χ1v) is 8.23. The molecule has 6 heteroatoms. The highest BCUT2D eigenvalue weighted by Gasteiger charge is 2.34. The van der Waals surface area contributed by atoms with Gasteiger partial charge in [0.2, 0.25) is 0 Å². The first-order chi connectivity index (χ1) is 9.11. The molecule has 1 aliphatic heterocycles. The molecule has 2 N–H and O–H groups in total. The minimum absolute atomic E-state index is 0.196. The molecular weight excluding hydrogens is 264 g/mol. The Morgan fingerprint density at radius 3 is 2.68 bits per heavy atom. The standard InChI is InChI=1S/C13H22N2O3S/c1-19-10-6-5-9(8-10)14-13(18)15-7-3-2-4-11(15)12(16)17/h9-11H,2-8H2,1H3,(H,14,18)(H,16,17). The van der Waals surface area contributed by atoms with Crippen molar-refractivity contribution in [2.45, 2.75) is 55.9 Å². The lowest BCUT2D eigenvalue weighted by molar-refractivity contribution is -0.143. The number of hydrogen-bond acceptors (Lipinski definition) is 3. The third-order valence-electron chi connectivity index (χ3n) is 4.09. The van der Waals surface area contributed by atoms with E-state index in [-0.39, 0.29) is 12.1 Å². The molecule has 0 aromatic heterocycles. The molecular formula is C13H22N2O3S. The Kier molecular flexibility index (Phi) is 4.96. The molecule has 2 amide bonds. The number of carboxylic acids is 1. The van der Waals surface area contributed by atoms with Crippen molar-refractivity contribution < 1.29 is 14.7 Å². The zero-order valence-electron chi connectivity index (χ0n) is 11.3. The topological polar surface area (TPSA) is 69.6 Å². The van der Waals surface area contributed by atoms with Gasteiger partial charge in [-0.25, -0.2) is 9.59 Å². The van der Waals surface area contributed by atoms with Crippen molar-refractivity contribution in [2.24, 2.45) is 0 Å². The Labute approximate surface area is 118 Å². The fourth-order valence-corrected chi connectivity index (χ4v) is 3.77. The minimum atomic E-state index is -0.886. The predicted molar refractivity (Wildman–Crippen MR) is 75.5 cm³/mol. The summed E-state index contributed by atoms with van der Waals surface area (Å²) < 4.78 is 0. The highest BCUT2D eigenvalue weighted by molar-refractivity contribution is 7.99. The summed E-state index contributed by atoms with van der Waals surface area (Å²) in [5.74, 6) is -0.886. The summed E-state index contributed by atoms with van der Waals surface area (Å²) >= 11 is 1.85. The zero-order chi connectivity index (χ0) is 13.8. The quantitative estimate of drug-likeness (QED) is 0.831. The van der Waals surface area contributed by atoms with Crippen molar-refractivity contribution in [3.8, 4) is 0 Å². The molecule has 5 nitrogen and oxygen atoms in total. The van der Waals surface area contributed by atoms with Gasteiger partial charge in [-0.1, -0.05) is 0 Å². The van der Waals surface area contributed by atoms with E-state index in [2.05, 4.69) is 11.6 Å². The molecule has 2 fully saturated rings. The van der Waals surface area contributed by atoms with Crippen LogP contribution in [0.15, 0.2) is 0 Å². The number of amides is 2. The summed E-state index contributed by atoms with van der Waals surface area (Å²) in [4.78, 5) is 24.9. The van der Waals surface area contributed by atoms with Crippen LogP contribution in [0.2, 0.25) is 0 Å². The average molecular weight is 286 g/mol. The van der Waals surface area contributed by atoms with Crippen LogP contribution in [0.1, 0.15) is 38.5 Å². The number of likely N-dealkylation sites (tertiary alicyclic amines) is 1. The lowest BCUT2D eigenvalue weighted by atomic mass is 10.0. The van der Waals surface area contributed by atoms with Gasteiger partial charge >= 0.3 is 12.0 Å². The van der Waals surface area contributed by atoms with Gasteiger partial charge in [0, 0.05) is 17.8 Å². The molecule has 3 atom stereocenters. The van der Waals surface area contributed by atoms with Crippen molar-refractivity contribution >= 4 is 23.8 Å². The highest BCUT2D eigenvalue weighted by atomic mass is 32.2. The van der Waals surface area contributed by atoms with E-state index in [4.69, 9.17) is 0 Å². The fourth-order valence-electron chi connectivity index (χ4n) is 2.97. The molecule has 19 heavy (non-hydrogen) atoms. The molecule has 0 radical (unpaired) electrons. The lowest BCUT2D eigenvalue weighted by Crippen LogP contribution is -2.53. The van der Waals surface area contributed by atoms with Gasteiger partial charge in [-0.3, -0.25) is 0 Å². The van der Waals surface area contributed by atoms with Gasteiger partial charge in [-0.2, -0.15) is 11.8 Å². The van der Waals surface area contributed by atoms with Crippen LogP contribution in [0.3, 0.4) is 0 Å². The summed E-state index contributed by atoms with van der Waals surface area (Å²) in [6.07, 6.45) is 7.59. The van der Waals surface area contributed by atoms with E-state index in [1.54, 1.807) is 0 Å². The number of carbonyl (C=O) groups excluding carboxylic acids is 1. The maximum absolute atomic E-state index is 12.2. The molecule has 1 saturated carbocycles. The van der Waals surface area contributed by atoms with Crippen molar-refractivity contribution in [3.63, 3.8) is 0 Å². The van der Waals surface area contributed by atoms with Gasteiger partial charge < -0.3 is 15.3 Å². The van der Waals surface area contributed by atoms with Gasteiger partial charge in [0.05, 0.1) is 0 Å². The second-order valence-corrected chi connectivity index (χ2v) is 6.50. The molecule has 108 valence electrons. The normalized spacial score (nSPS) is 31.2. The van der Waals surface area contributed by atoms with Crippen molar-refractivity contribution in [1.82, 2.24) is 10.2 Å². The van der Waals surface area contributed by atoms with Crippen LogP contribution in [0.5, 0.6) is 0 Å². The smallest absolute Gasteiger partial charge is 0.326 e. The fraction of sp³-hybridized carbons (Fsp3) is 0.846. The third kappa shape index (κ3) is 3.55. The van der Waals surface area contributed by atoms with Gasteiger partial charge in [-0.05, 0) is 44.8 Å². The lowest BCUT2D eigenvalue weighted by Gasteiger charge is -2.33. The summed E-state index contributed by atoms with van der Waals surface area (Å²) in [5.41, 5.74) is 0. The monoisotopic (exact) mass is 286 g/mol. The summed E-state index contributed by atoms with van der Waals surface area (Å²) in [7, 11) is 0. The molecule has 1 aliphatic carbocycles. The second kappa shape index (κ2) is 6.50. The van der Waals surface area contributed by atoms with Crippen LogP contribution >= 0.6 is 11.8 Å². The second-order valence-electron chi connectivity index (χ2n) is 5.36. The molecule has 2 rings (SSSR count). The maximum Gasteiger partial charge on any atom is 0.326 e. The molecule has 0 aromatic carbocycles. The number of thioether (sulfide) groups is 1. The van der Waals surface area contributed by atoms with Gasteiger partial charge in [0.15, 0.2) is 0 Å².